The summed E-state index contributed by atoms with van der Waals surface area (Å²) < 4.78 is 27.5. The van der Waals surface area contributed by atoms with Crippen LogP contribution in [0.5, 0.6) is 0 Å². The maximum Gasteiger partial charge on any atom is 0.261 e. The quantitative estimate of drug-likeness (QED) is 0.713. The Labute approximate surface area is 153 Å². The molecule has 0 radical (unpaired) electrons. The molecule has 0 unspecified atom stereocenters. The summed E-state index contributed by atoms with van der Waals surface area (Å²) in [6.07, 6.45) is 1.88. The Balaban J connectivity index is 2.22. The number of carbonyl (C=O) groups is 1. The molecule has 134 valence electrons. The van der Waals surface area contributed by atoms with Gasteiger partial charge < -0.3 is 5.32 Å². The Morgan fingerprint density at radius 1 is 1.12 bits per heavy atom. The third-order valence-corrected chi connectivity index (χ3v) is 5.32. The molecule has 25 heavy (non-hydrogen) atoms. The Hall–Kier alpha value is -2.05. The van der Waals surface area contributed by atoms with Crippen molar-refractivity contribution < 1.29 is 13.2 Å². The normalized spacial score (nSPS) is 11.2. The minimum Gasteiger partial charge on any atom is -0.352 e. The van der Waals surface area contributed by atoms with E-state index in [4.69, 9.17) is 11.6 Å². The molecule has 0 aliphatic carbocycles. The summed E-state index contributed by atoms with van der Waals surface area (Å²) in [7, 11) is -3.76. The van der Waals surface area contributed by atoms with E-state index in [1.165, 1.54) is 24.3 Å². The van der Waals surface area contributed by atoms with Crippen molar-refractivity contribution in [3.63, 3.8) is 0 Å². The molecule has 1 amide bonds. The predicted molar refractivity (Wildman–Crippen MR) is 101 cm³/mol. The van der Waals surface area contributed by atoms with Gasteiger partial charge >= 0.3 is 0 Å². The molecule has 0 heterocycles. The van der Waals surface area contributed by atoms with Crippen LogP contribution in [0, 0.1) is 6.92 Å². The zero-order valence-electron chi connectivity index (χ0n) is 14.2. The van der Waals surface area contributed by atoms with Gasteiger partial charge in [-0.15, -0.1) is 0 Å². The van der Waals surface area contributed by atoms with Crippen LogP contribution in [-0.2, 0) is 10.0 Å². The second-order valence-corrected chi connectivity index (χ2v) is 7.82. The first-order chi connectivity index (χ1) is 11.8. The number of anilines is 1. The van der Waals surface area contributed by atoms with E-state index in [1.54, 1.807) is 25.1 Å². The van der Waals surface area contributed by atoms with Crippen molar-refractivity contribution in [3.05, 3.63) is 58.6 Å². The molecular weight excluding hydrogens is 360 g/mol. The summed E-state index contributed by atoms with van der Waals surface area (Å²) in [6, 6.07) is 10.8. The highest BCUT2D eigenvalue weighted by atomic mass is 35.5. The van der Waals surface area contributed by atoms with E-state index in [0.29, 0.717) is 22.8 Å². The topological polar surface area (TPSA) is 75.3 Å². The molecule has 7 heteroatoms. The molecule has 0 saturated carbocycles. The van der Waals surface area contributed by atoms with E-state index < -0.39 is 10.0 Å². The zero-order chi connectivity index (χ0) is 18.4. The minimum atomic E-state index is -3.76. The monoisotopic (exact) mass is 380 g/mol. The molecule has 2 aromatic carbocycles. The lowest BCUT2D eigenvalue weighted by atomic mass is 10.1. The number of nitrogens with one attached hydrogen (secondary N) is 2. The van der Waals surface area contributed by atoms with Crippen molar-refractivity contribution in [2.45, 2.75) is 31.6 Å². The van der Waals surface area contributed by atoms with Crippen molar-refractivity contribution in [2.75, 3.05) is 11.3 Å². The number of carbonyl (C=O) groups excluding carboxylic acids is 1. The van der Waals surface area contributed by atoms with Gasteiger partial charge in [0.05, 0.1) is 10.6 Å². The molecule has 0 aliphatic rings. The number of sulfonamides is 1. The summed E-state index contributed by atoms with van der Waals surface area (Å²) in [6.45, 7) is 4.41. The van der Waals surface area contributed by atoms with Crippen LogP contribution in [0.2, 0.25) is 5.02 Å². The van der Waals surface area contributed by atoms with E-state index in [-0.39, 0.29) is 10.8 Å². The van der Waals surface area contributed by atoms with Gasteiger partial charge in [0.25, 0.3) is 15.9 Å². The van der Waals surface area contributed by atoms with Gasteiger partial charge in [0.15, 0.2) is 0 Å². The standard InChI is InChI=1S/C18H21ClN2O3S/c1-3-4-11-20-18(22)14-6-5-13(2)17(12-14)21-25(23,24)16-9-7-15(19)8-10-16/h5-10,12,21H,3-4,11H2,1-2H3,(H,20,22). The van der Waals surface area contributed by atoms with E-state index in [1.807, 2.05) is 6.92 Å². The van der Waals surface area contributed by atoms with E-state index in [2.05, 4.69) is 10.0 Å². The fourth-order valence-corrected chi connectivity index (χ4v) is 3.42. The van der Waals surface area contributed by atoms with Crippen LogP contribution in [0.25, 0.3) is 0 Å². The van der Waals surface area contributed by atoms with Crippen LogP contribution >= 0.6 is 11.6 Å². The van der Waals surface area contributed by atoms with Crippen molar-refractivity contribution >= 4 is 33.2 Å². The third kappa shape index (κ3) is 5.21. The number of hydrogen-bond acceptors (Lipinski definition) is 3. The Morgan fingerprint density at radius 2 is 1.80 bits per heavy atom. The number of aryl methyl sites for hydroxylation is 1. The second kappa shape index (κ2) is 8.36. The summed E-state index contributed by atoms with van der Waals surface area (Å²) in [5.74, 6) is -0.222. The summed E-state index contributed by atoms with van der Waals surface area (Å²) in [5.41, 5.74) is 1.51. The number of hydrogen-bond donors (Lipinski definition) is 2. The lowest BCUT2D eigenvalue weighted by Crippen LogP contribution is -2.24. The highest BCUT2D eigenvalue weighted by molar-refractivity contribution is 7.92. The number of amides is 1. The fourth-order valence-electron chi connectivity index (χ4n) is 2.17. The molecular formula is C18H21ClN2O3S. The molecule has 2 aromatic rings. The van der Waals surface area contributed by atoms with Gasteiger partial charge in [0.2, 0.25) is 0 Å². The number of benzene rings is 2. The fraction of sp³-hybridized carbons (Fsp3) is 0.278. The maximum atomic E-state index is 12.5. The van der Waals surface area contributed by atoms with Gasteiger partial charge in [-0.05, 0) is 55.3 Å². The zero-order valence-corrected chi connectivity index (χ0v) is 15.7. The predicted octanol–water partition coefficient (Wildman–Crippen LogP) is 3.98. The first-order valence-corrected chi connectivity index (χ1v) is 9.87. The molecule has 0 bridgehead atoms. The molecule has 0 saturated heterocycles. The smallest absolute Gasteiger partial charge is 0.261 e. The van der Waals surface area contributed by atoms with Gasteiger partial charge in [-0.25, -0.2) is 8.42 Å². The second-order valence-electron chi connectivity index (χ2n) is 5.70. The summed E-state index contributed by atoms with van der Waals surface area (Å²) >= 11 is 5.80. The average molecular weight is 381 g/mol. The van der Waals surface area contributed by atoms with Gasteiger partial charge in [-0.2, -0.15) is 0 Å². The Bertz CT molecular complexity index is 849. The van der Waals surface area contributed by atoms with Crippen LogP contribution < -0.4 is 10.0 Å². The van der Waals surface area contributed by atoms with Gasteiger partial charge in [0, 0.05) is 17.1 Å². The summed E-state index contributed by atoms with van der Waals surface area (Å²) in [4.78, 5) is 12.3. The first kappa shape index (κ1) is 19.3. The molecule has 0 spiro atoms. The van der Waals surface area contributed by atoms with Gasteiger partial charge in [-0.1, -0.05) is 31.0 Å². The SMILES string of the molecule is CCCCNC(=O)c1ccc(C)c(NS(=O)(=O)c2ccc(Cl)cc2)c1. The van der Waals surface area contributed by atoms with Gasteiger partial charge in [0.1, 0.15) is 0 Å². The van der Waals surface area contributed by atoms with Crippen molar-refractivity contribution in [2.24, 2.45) is 0 Å². The largest absolute Gasteiger partial charge is 0.352 e. The maximum absolute atomic E-state index is 12.5. The molecule has 0 atom stereocenters. The highest BCUT2D eigenvalue weighted by Crippen LogP contribution is 2.22. The van der Waals surface area contributed by atoms with E-state index in [0.717, 1.165) is 18.4 Å². The molecule has 0 fully saturated rings. The van der Waals surface area contributed by atoms with Crippen molar-refractivity contribution in [1.29, 1.82) is 0 Å². The highest BCUT2D eigenvalue weighted by Gasteiger charge is 2.16. The van der Waals surface area contributed by atoms with E-state index in [9.17, 15) is 13.2 Å². The van der Waals surface area contributed by atoms with Crippen molar-refractivity contribution in [1.82, 2.24) is 5.32 Å². The van der Waals surface area contributed by atoms with Crippen LogP contribution in [0.3, 0.4) is 0 Å². The molecule has 0 aliphatic heterocycles. The van der Waals surface area contributed by atoms with Crippen LogP contribution in [-0.4, -0.2) is 20.9 Å². The molecule has 5 nitrogen and oxygen atoms in total. The number of unbranched alkanes of at least 4 members (excludes halogenated alkanes) is 1. The average Bonchev–Trinajstić information content (AvgIpc) is 2.57. The summed E-state index contributed by atoms with van der Waals surface area (Å²) in [5, 5.41) is 3.28. The Kier molecular flexibility index (Phi) is 6.45. The van der Waals surface area contributed by atoms with Crippen molar-refractivity contribution in [3.8, 4) is 0 Å². The van der Waals surface area contributed by atoms with Crippen LogP contribution in [0.1, 0.15) is 35.7 Å². The molecule has 2 rings (SSSR count). The molecule has 2 N–H and O–H groups in total. The first-order valence-electron chi connectivity index (χ1n) is 8.00. The van der Waals surface area contributed by atoms with Crippen LogP contribution in [0.15, 0.2) is 47.4 Å². The third-order valence-electron chi connectivity index (χ3n) is 3.68. The molecule has 0 aromatic heterocycles. The Morgan fingerprint density at radius 3 is 2.44 bits per heavy atom. The lowest BCUT2D eigenvalue weighted by molar-refractivity contribution is 0.0953. The van der Waals surface area contributed by atoms with E-state index >= 15 is 0 Å². The number of halogens is 1. The lowest BCUT2D eigenvalue weighted by Gasteiger charge is -2.12. The minimum absolute atomic E-state index is 0.106. The number of rotatable bonds is 7. The van der Waals surface area contributed by atoms with Gasteiger partial charge in [-0.3, -0.25) is 9.52 Å². The van der Waals surface area contributed by atoms with Crippen LogP contribution in [0.4, 0.5) is 5.69 Å².